The molecule has 0 aliphatic carbocycles. The molecule has 0 spiro atoms. The average molecular weight is 185 g/mol. The summed E-state index contributed by atoms with van der Waals surface area (Å²) in [7, 11) is 0. The first-order chi connectivity index (χ1) is 6.93. The van der Waals surface area contributed by atoms with Gasteiger partial charge in [-0.3, -0.25) is 4.98 Å². The van der Waals surface area contributed by atoms with Gasteiger partial charge in [0.1, 0.15) is 0 Å². The first kappa shape index (κ1) is 7.32. The highest BCUT2D eigenvalue weighted by Crippen LogP contribution is 2.18. The van der Waals surface area contributed by atoms with Gasteiger partial charge in [-0.15, -0.1) is 0 Å². The smallest absolute Gasteiger partial charge is 0.155 e. The predicted octanol–water partition coefficient (Wildman–Crippen LogP) is 1.99. The van der Waals surface area contributed by atoms with E-state index in [-0.39, 0.29) is 0 Å². The molecule has 0 N–H and O–H groups in total. The molecule has 0 bridgehead atoms. The van der Waals surface area contributed by atoms with Gasteiger partial charge in [0.15, 0.2) is 5.65 Å². The van der Waals surface area contributed by atoms with E-state index in [0.717, 1.165) is 16.9 Å². The molecule has 0 unspecified atom stereocenters. The topological polar surface area (TPSA) is 43.3 Å². The predicted molar refractivity (Wildman–Crippen MR) is 50.7 cm³/mol. The lowest BCUT2D eigenvalue weighted by molar-refractivity contribution is 0.568. The van der Waals surface area contributed by atoms with Crippen LogP contribution < -0.4 is 0 Å². The van der Waals surface area contributed by atoms with Gasteiger partial charge >= 0.3 is 0 Å². The van der Waals surface area contributed by atoms with Gasteiger partial charge in [-0.25, -0.2) is 4.98 Å². The lowest BCUT2D eigenvalue weighted by atomic mass is 10.3. The Bertz CT molecular complexity index is 521. The molecule has 4 heteroatoms. The maximum Gasteiger partial charge on any atom is 0.155 e. The van der Waals surface area contributed by atoms with Crippen molar-refractivity contribution in [2.24, 2.45) is 0 Å². The van der Waals surface area contributed by atoms with Gasteiger partial charge in [0.2, 0.25) is 0 Å². The first-order valence-corrected chi connectivity index (χ1v) is 4.25. The van der Waals surface area contributed by atoms with Gasteiger partial charge < -0.3 is 8.82 Å². The Balaban J connectivity index is 2.24. The van der Waals surface area contributed by atoms with Crippen molar-refractivity contribution >= 4 is 5.65 Å². The molecule has 3 heterocycles. The maximum atomic E-state index is 5.00. The van der Waals surface area contributed by atoms with E-state index in [9.17, 15) is 0 Å². The summed E-state index contributed by atoms with van der Waals surface area (Å²) in [5, 5.41) is 0. The third kappa shape index (κ3) is 1.01. The molecule has 3 aromatic rings. The van der Waals surface area contributed by atoms with E-state index < -0.39 is 0 Å². The van der Waals surface area contributed by atoms with Crippen molar-refractivity contribution in [3.63, 3.8) is 0 Å². The Hall–Kier alpha value is -2.10. The standard InChI is InChI=1S/C10H7N3O/c1-4-14-7-8(1)9-6-13-3-2-11-5-10(13)12-9/h1-7H. The molecule has 4 nitrogen and oxygen atoms in total. The molecular formula is C10H7N3O. The van der Waals surface area contributed by atoms with E-state index in [1.807, 2.05) is 22.9 Å². The fourth-order valence-electron chi connectivity index (χ4n) is 1.39. The lowest BCUT2D eigenvalue weighted by Crippen LogP contribution is -1.81. The molecule has 0 aliphatic heterocycles. The van der Waals surface area contributed by atoms with E-state index in [4.69, 9.17) is 4.42 Å². The Morgan fingerprint density at radius 2 is 2.36 bits per heavy atom. The van der Waals surface area contributed by atoms with E-state index >= 15 is 0 Å². The highest BCUT2D eigenvalue weighted by atomic mass is 16.3. The highest BCUT2D eigenvalue weighted by Gasteiger charge is 2.04. The van der Waals surface area contributed by atoms with Crippen LogP contribution in [0.4, 0.5) is 0 Å². The SMILES string of the molecule is c1cn2cc(-c3ccoc3)nc2cn1. The molecule has 0 saturated carbocycles. The van der Waals surface area contributed by atoms with Crippen LogP contribution in [0.5, 0.6) is 0 Å². The zero-order valence-electron chi connectivity index (χ0n) is 7.29. The Morgan fingerprint density at radius 1 is 1.36 bits per heavy atom. The fourth-order valence-corrected chi connectivity index (χ4v) is 1.39. The summed E-state index contributed by atoms with van der Waals surface area (Å²) < 4.78 is 6.93. The number of rotatable bonds is 1. The van der Waals surface area contributed by atoms with Crippen LogP contribution in [0.15, 0.2) is 47.8 Å². The van der Waals surface area contributed by atoms with Gasteiger partial charge in [-0.2, -0.15) is 0 Å². The molecule has 0 fully saturated rings. The van der Waals surface area contributed by atoms with Crippen molar-refractivity contribution in [1.29, 1.82) is 0 Å². The van der Waals surface area contributed by atoms with E-state index in [0.29, 0.717) is 0 Å². The molecular weight excluding hydrogens is 178 g/mol. The summed E-state index contributed by atoms with van der Waals surface area (Å²) in [6.07, 6.45) is 10.6. The van der Waals surface area contributed by atoms with Gasteiger partial charge in [-0.05, 0) is 6.07 Å². The molecule has 3 rings (SSSR count). The van der Waals surface area contributed by atoms with Crippen LogP contribution in [0.1, 0.15) is 0 Å². The Morgan fingerprint density at radius 3 is 3.14 bits per heavy atom. The minimum Gasteiger partial charge on any atom is -0.472 e. The second kappa shape index (κ2) is 2.70. The molecule has 0 saturated heterocycles. The third-order valence-corrected chi connectivity index (χ3v) is 2.08. The van der Waals surface area contributed by atoms with E-state index in [1.165, 1.54) is 0 Å². The van der Waals surface area contributed by atoms with Crippen molar-refractivity contribution in [2.75, 3.05) is 0 Å². The summed E-state index contributed by atoms with van der Waals surface area (Å²) in [5.41, 5.74) is 2.71. The van der Waals surface area contributed by atoms with Crippen LogP contribution in [0.25, 0.3) is 16.9 Å². The van der Waals surface area contributed by atoms with E-state index in [2.05, 4.69) is 9.97 Å². The normalized spacial score (nSPS) is 10.9. The molecule has 0 aliphatic rings. The largest absolute Gasteiger partial charge is 0.472 e. The zero-order chi connectivity index (χ0) is 9.38. The average Bonchev–Trinajstić information content (AvgIpc) is 2.86. The number of nitrogens with zero attached hydrogens (tertiary/aromatic N) is 3. The summed E-state index contributed by atoms with van der Waals surface area (Å²) >= 11 is 0. The zero-order valence-corrected chi connectivity index (χ0v) is 7.29. The van der Waals surface area contributed by atoms with Crippen LogP contribution in [0, 0.1) is 0 Å². The highest BCUT2D eigenvalue weighted by molar-refractivity contribution is 5.60. The summed E-state index contributed by atoms with van der Waals surface area (Å²) in [6, 6.07) is 1.88. The van der Waals surface area contributed by atoms with Gasteiger partial charge in [0, 0.05) is 24.2 Å². The second-order valence-electron chi connectivity index (χ2n) is 2.98. The van der Waals surface area contributed by atoms with Crippen molar-refractivity contribution in [3.8, 4) is 11.3 Å². The molecule has 3 aromatic heterocycles. The molecule has 0 aromatic carbocycles. The first-order valence-electron chi connectivity index (χ1n) is 4.25. The number of fused-ring (bicyclic) bond motifs is 1. The monoisotopic (exact) mass is 185 g/mol. The quantitative estimate of drug-likeness (QED) is 0.582. The summed E-state index contributed by atoms with van der Waals surface area (Å²) in [6.45, 7) is 0. The molecule has 14 heavy (non-hydrogen) atoms. The van der Waals surface area contributed by atoms with Crippen molar-refractivity contribution in [1.82, 2.24) is 14.4 Å². The fraction of sp³-hybridized carbons (Fsp3) is 0. The molecule has 68 valence electrons. The number of hydrogen-bond acceptors (Lipinski definition) is 3. The van der Waals surface area contributed by atoms with Crippen LogP contribution in [0.3, 0.4) is 0 Å². The molecule has 0 amide bonds. The van der Waals surface area contributed by atoms with Crippen LogP contribution in [-0.2, 0) is 0 Å². The van der Waals surface area contributed by atoms with Crippen LogP contribution >= 0.6 is 0 Å². The molecule has 0 atom stereocenters. The maximum absolute atomic E-state index is 5.00. The number of furan rings is 1. The number of aromatic nitrogens is 3. The van der Waals surface area contributed by atoms with Crippen LogP contribution in [-0.4, -0.2) is 14.4 Å². The Kier molecular flexibility index (Phi) is 1.41. The second-order valence-corrected chi connectivity index (χ2v) is 2.98. The van der Waals surface area contributed by atoms with E-state index in [1.54, 1.807) is 24.9 Å². The van der Waals surface area contributed by atoms with Gasteiger partial charge in [0.25, 0.3) is 0 Å². The lowest BCUT2D eigenvalue weighted by Gasteiger charge is -1.86. The van der Waals surface area contributed by atoms with Crippen molar-refractivity contribution in [3.05, 3.63) is 43.4 Å². The summed E-state index contributed by atoms with van der Waals surface area (Å²) in [4.78, 5) is 8.40. The molecule has 0 radical (unpaired) electrons. The third-order valence-electron chi connectivity index (χ3n) is 2.08. The van der Waals surface area contributed by atoms with Crippen molar-refractivity contribution in [2.45, 2.75) is 0 Å². The van der Waals surface area contributed by atoms with Gasteiger partial charge in [0.05, 0.1) is 24.4 Å². The van der Waals surface area contributed by atoms with Crippen LogP contribution in [0.2, 0.25) is 0 Å². The summed E-state index contributed by atoms with van der Waals surface area (Å²) in [5.74, 6) is 0. The minimum absolute atomic E-state index is 0.837. The van der Waals surface area contributed by atoms with Gasteiger partial charge in [-0.1, -0.05) is 0 Å². The Labute approximate surface area is 79.8 Å². The van der Waals surface area contributed by atoms with Crippen molar-refractivity contribution < 1.29 is 4.42 Å². The minimum atomic E-state index is 0.837. The number of hydrogen-bond donors (Lipinski definition) is 0. The number of imidazole rings is 1.